The van der Waals surface area contributed by atoms with E-state index in [4.69, 9.17) is 10.5 Å². The Bertz CT molecular complexity index is 624. The van der Waals surface area contributed by atoms with E-state index in [9.17, 15) is 4.79 Å². The summed E-state index contributed by atoms with van der Waals surface area (Å²) in [5.74, 6) is 0.637. The van der Waals surface area contributed by atoms with Gasteiger partial charge in [0.2, 0.25) is 5.91 Å². The van der Waals surface area contributed by atoms with E-state index in [0.717, 1.165) is 23.3 Å². The molecule has 3 N–H and O–H groups in total. The average molecular weight is 298 g/mol. The third-order valence-electron chi connectivity index (χ3n) is 3.68. The molecule has 22 heavy (non-hydrogen) atoms. The van der Waals surface area contributed by atoms with E-state index in [1.165, 1.54) is 0 Å². The zero-order chi connectivity index (χ0) is 16.0. The van der Waals surface area contributed by atoms with Crippen LogP contribution in [0.1, 0.15) is 18.1 Å². The number of ether oxygens (including phenoxy) is 1. The zero-order valence-corrected chi connectivity index (χ0v) is 13.0. The average Bonchev–Trinajstić information content (AvgIpc) is 2.55. The van der Waals surface area contributed by atoms with Crippen LogP contribution in [-0.2, 0) is 16.8 Å². The maximum absolute atomic E-state index is 12.3. The molecule has 0 saturated heterocycles. The number of hydrogen-bond donors (Lipinski definition) is 2. The highest BCUT2D eigenvalue weighted by molar-refractivity contribution is 5.86. The molecular formula is C18H22N2O2. The van der Waals surface area contributed by atoms with Crippen molar-refractivity contribution in [2.24, 2.45) is 5.73 Å². The lowest BCUT2D eigenvalue weighted by Gasteiger charge is -2.24. The van der Waals surface area contributed by atoms with Gasteiger partial charge in [0.15, 0.2) is 0 Å². The molecule has 1 atom stereocenters. The normalized spacial score (nSPS) is 13.2. The van der Waals surface area contributed by atoms with Crippen LogP contribution in [0.2, 0.25) is 0 Å². The highest BCUT2D eigenvalue weighted by Gasteiger charge is 2.29. The molecule has 1 unspecified atom stereocenters. The molecule has 2 rings (SSSR count). The second-order valence-corrected chi connectivity index (χ2v) is 5.43. The quantitative estimate of drug-likeness (QED) is 0.859. The minimum atomic E-state index is -1.03. The highest BCUT2D eigenvalue weighted by Crippen LogP contribution is 2.17. The Kier molecular flexibility index (Phi) is 5.17. The number of carbonyl (C=O) groups is 1. The van der Waals surface area contributed by atoms with Crippen molar-refractivity contribution in [3.8, 4) is 5.75 Å². The molecule has 0 aliphatic rings. The van der Waals surface area contributed by atoms with Crippen molar-refractivity contribution in [1.82, 2.24) is 5.32 Å². The van der Waals surface area contributed by atoms with Gasteiger partial charge in [-0.3, -0.25) is 4.79 Å². The monoisotopic (exact) mass is 298 g/mol. The van der Waals surface area contributed by atoms with Gasteiger partial charge in [-0.2, -0.15) is 0 Å². The summed E-state index contributed by atoms with van der Waals surface area (Å²) in [6, 6.07) is 17.2. The molecule has 4 heteroatoms. The van der Waals surface area contributed by atoms with Gasteiger partial charge >= 0.3 is 0 Å². The molecule has 0 saturated carbocycles. The Morgan fingerprint density at radius 2 is 1.91 bits per heavy atom. The topological polar surface area (TPSA) is 64.3 Å². The molecule has 0 aromatic heterocycles. The molecule has 0 aliphatic heterocycles. The van der Waals surface area contributed by atoms with Crippen LogP contribution in [0.25, 0.3) is 0 Å². The lowest BCUT2D eigenvalue weighted by Crippen LogP contribution is -2.49. The van der Waals surface area contributed by atoms with Crippen LogP contribution in [0, 0.1) is 0 Å². The van der Waals surface area contributed by atoms with Crippen LogP contribution in [0.5, 0.6) is 5.75 Å². The fraction of sp³-hybridized carbons (Fsp3) is 0.278. The van der Waals surface area contributed by atoms with Crippen molar-refractivity contribution < 1.29 is 9.53 Å². The van der Waals surface area contributed by atoms with Gasteiger partial charge < -0.3 is 15.8 Å². The molecule has 116 valence electrons. The van der Waals surface area contributed by atoms with E-state index < -0.39 is 5.54 Å². The van der Waals surface area contributed by atoms with E-state index in [1.54, 1.807) is 14.0 Å². The fourth-order valence-corrected chi connectivity index (χ4v) is 2.25. The lowest BCUT2D eigenvalue weighted by atomic mass is 9.92. The fourth-order valence-electron chi connectivity index (χ4n) is 2.25. The van der Waals surface area contributed by atoms with Gasteiger partial charge in [0.25, 0.3) is 0 Å². The maximum Gasteiger partial charge on any atom is 0.244 e. The van der Waals surface area contributed by atoms with Crippen LogP contribution >= 0.6 is 0 Å². The first-order valence-electron chi connectivity index (χ1n) is 7.29. The summed E-state index contributed by atoms with van der Waals surface area (Å²) in [5, 5.41) is 2.90. The van der Waals surface area contributed by atoms with Crippen LogP contribution in [0.15, 0.2) is 54.6 Å². The summed E-state index contributed by atoms with van der Waals surface area (Å²) >= 11 is 0. The summed E-state index contributed by atoms with van der Waals surface area (Å²) < 4.78 is 5.19. The molecule has 0 spiro atoms. The third-order valence-corrected chi connectivity index (χ3v) is 3.68. The molecule has 2 aromatic rings. The molecule has 0 fully saturated rings. The Labute approximate surface area is 131 Å². The second-order valence-electron chi connectivity index (χ2n) is 5.43. The van der Waals surface area contributed by atoms with E-state index in [0.29, 0.717) is 6.54 Å². The molecular weight excluding hydrogens is 276 g/mol. The molecule has 2 aromatic carbocycles. The summed E-state index contributed by atoms with van der Waals surface area (Å²) in [4.78, 5) is 12.3. The molecule has 1 amide bonds. The summed E-state index contributed by atoms with van der Waals surface area (Å²) in [6.07, 6.45) is 0.730. The van der Waals surface area contributed by atoms with Crippen LogP contribution in [0.4, 0.5) is 0 Å². The van der Waals surface area contributed by atoms with Gasteiger partial charge in [-0.05, 0) is 36.6 Å². The van der Waals surface area contributed by atoms with Crippen molar-refractivity contribution in [3.05, 3.63) is 65.7 Å². The van der Waals surface area contributed by atoms with Crippen molar-refractivity contribution in [2.45, 2.75) is 18.9 Å². The summed E-state index contributed by atoms with van der Waals surface area (Å²) in [5.41, 5.74) is 7.05. The maximum atomic E-state index is 12.3. The lowest BCUT2D eigenvalue weighted by molar-refractivity contribution is -0.126. The molecule has 0 radical (unpaired) electrons. The van der Waals surface area contributed by atoms with Crippen molar-refractivity contribution in [1.29, 1.82) is 0 Å². The van der Waals surface area contributed by atoms with Crippen LogP contribution in [0.3, 0.4) is 0 Å². The number of nitrogens with one attached hydrogen (secondary N) is 1. The SMILES string of the molecule is COc1cccc(CCNC(=O)C(C)(N)c2ccccc2)c1. The zero-order valence-electron chi connectivity index (χ0n) is 13.0. The predicted molar refractivity (Wildman–Crippen MR) is 87.7 cm³/mol. The van der Waals surface area contributed by atoms with E-state index in [1.807, 2.05) is 54.6 Å². The van der Waals surface area contributed by atoms with Gasteiger partial charge in [0, 0.05) is 6.54 Å². The molecule has 0 aliphatic carbocycles. The van der Waals surface area contributed by atoms with Gasteiger partial charge in [-0.25, -0.2) is 0 Å². The molecule has 0 heterocycles. The molecule has 4 nitrogen and oxygen atoms in total. The Morgan fingerprint density at radius 1 is 1.18 bits per heavy atom. The first-order valence-corrected chi connectivity index (χ1v) is 7.29. The number of rotatable bonds is 6. The smallest absolute Gasteiger partial charge is 0.244 e. The number of carbonyl (C=O) groups excluding carboxylic acids is 1. The molecule has 0 bridgehead atoms. The largest absolute Gasteiger partial charge is 0.497 e. The summed E-state index contributed by atoms with van der Waals surface area (Å²) in [6.45, 7) is 2.26. The Balaban J connectivity index is 1.92. The van der Waals surface area contributed by atoms with Gasteiger partial charge in [-0.15, -0.1) is 0 Å². The van der Waals surface area contributed by atoms with Crippen molar-refractivity contribution >= 4 is 5.91 Å². The summed E-state index contributed by atoms with van der Waals surface area (Å²) in [7, 11) is 1.64. The van der Waals surface area contributed by atoms with Gasteiger partial charge in [0.05, 0.1) is 7.11 Å². The number of methoxy groups -OCH3 is 1. The van der Waals surface area contributed by atoms with Crippen molar-refractivity contribution in [3.63, 3.8) is 0 Å². The van der Waals surface area contributed by atoms with Crippen LogP contribution < -0.4 is 15.8 Å². The Morgan fingerprint density at radius 3 is 2.59 bits per heavy atom. The van der Waals surface area contributed by atoms with Crippen LogP contribution in [-0.4, -0.2) is 19.6 Å². The first kappa shape index (κ1) is 16.0. The second kappa shape index (κ2) is 7.09. The minimum absolute atomic E-state index is 0.179. The van der Waals surface area contributed by atoms with E-state index >= 15 is 0 Å². The van der Waals surface area contributed by atoms with E-state index in [2.05, 4.69) is 5.32 Å². The number of nitrogens with two attached hydrogens (primary N) is 1. The number of benzene rings is 2. The predicted octanol–water partition coefficient (Wildman–Crippen LogP) is 2.23. The van der Waals surface area contributed by atoms with Crippen molar-refractivity contribution in [2.75, 3.05) is 13.7 Å². The first-order chi connectivity index (χ1) is 10.5. The third kappa shape index (κ3) is 3.86. The standard InChI is InChI=1S/C18H22N2O2/c1-18(19,15-8-4-3-5-9-15)17(21)20-12-11-14-7-6-10-16(13-14)22-2/h3-10,13H,11-12,19H2,1-2H3,(H,20,21). The van der Waals surface area contributed by atoms with E-state index in [-0.39, 0.29) is 5.91 Å². The highest BCUT2D eigenvalue weighted by atomic mass is 16.5. The number of amides is 1. The minimum Gasteiger partial charge on any atom is -0.497 e. The van der Waals surface area contributed by atoms with Gasteiger partial charge in [-0.1, -0.05) is 42.5 Å². The van der Waals surface area contributed by atoms with Gasteiger partial charge in [0.1, 0.15) is 11.3 Å². The number of hydrogen-bond acceptors (Lipinski definition) is 3. The Hall–Kier alpha value is -2.33.